The quantitative estimate of drug-likeness (QED) is 0.660. The topological polar surface area (TPSA) is 89.6 Å². The second-order valence-corrected chi connectivity index (χ2v) is 5.84. The molecule has 0 aliphatic heterocycles. The van der Waals surface area contributed by atoms with Crippen LogP contribution in [0.1, 0.15) is 23.6 Å². The summed E-state index contributed by atoms with van der Waals surface area (Å²) in [6.45, 7) is 0. The number of rotatable bonds is 1. The van der Waals surface area contributed by atoms with Crippen molar-refractivity contribution < 1.29 is 0 Å². The third kappa shape index (κ3) is 1.80. The van der Waals surface area contributed by atoms with Gasteiger partial charge in [-0.3, -0.25) is 14.3 Å². The van der Waals surface area contributed by atoms with E-state index in [-0.39, 0.29) is 17.5 Å². The first-order valence-electron chi connectivity index (χ1n) is 6.66. The van der Waals surface area contributed by atoms with Crippen LogP contribution >= 0.6 is 15.9 Å². The number of hydrogen-bond acceptors (Lipinski definition) is 4. The van der Waals surface area contributed by atoms with Gasteiger partial charge in [0.25, 0.3) is 5.56 Å². The smallest absolute Gasteiger partial charge is 0.280 e. The molecule has 0 spiro atoms. The first kappa shape index (κ1) is 12.6. The monoisotopic (exact) mass is 345 g/mol. The number of aryl methyl sites for hydroxylation is 1. The molecule has 2 aromatic heterocycles. The number of hydrogen-bond donors (Lipinski definition) is 2. The average molecular weight is 346 g/mol. The number of nitrogen functional groups attached to an aromatic ring is 1. The van der Waals surface area contributed by atoms with Crippen molar-refractivity contribution in [3.05, 3.63) is 50.5 Å². The van der Waals surface area contributed by atoms with E-state index in [9.17, 15) is 4.79 Å². The van der Waals surface area contributed by atoms with Gasteiger partial charge in [0.15, 0.2) is 15.9 Å². The fraction of sp³-hybridized carbons (Fsp3) is 0.214. The van der Waals surface area contributed by atoms with E-state index in [0.29, 0.717) is 15.9 Å². The SMILES string of the molecule is Nc1nc2c(nc(Br)n2C2CCc3ccccc32)c(=O)[nH]1. The molecule has 7 heteroatoms. The number of benzene rings is 1. The van der Waals surface area contributed by atoms with Gasteiger partial charge in [-0.1, -0.05) is 24.3 Å². The van der Waals surface area contributed by atoms with Gasteiger partial charge >= 0.3 is 0 Å². The van der Waals surface area contributed by atoms with Crippen molar-refractivity contribution in [2.45, 2.75) is 18.9 Å². The van der Waals surface area contributed by atoms with Crippen LogP contribution in [0.2, 0.25) is 0 Å². The van der Waals surface area contributed by atoms with Gasteiger partial charge in [-0.25, -0.2) is 4.98 Å². The maximum atomic E-state index is 12.0. The fourth-order valence-corrected chi connectivity index (χ4v) is 3.65. The zero-order chi connectivity index (χ0) is 14.6. The standard InChI is InChI=1S/C14H12BrN5O/c15-13-17-10-11(18-14(16)19-12(10)21)20(13)9-6-5-7-3-1-2-4-8(7)9/h1-4,9H,5-6H2,(H3,16,18,19,21). The predicted molar refractivity (Wildman–Crippen MR) is 83.2 cm³/mol. The van der Waals surface area contributed by atoms with Gasteiger partial charge in [0.1, 0.15) is 0 Å². The van der Waals surface area contributed by atoms with Crippen LogP contribution in [-0.2, 0) is 6.42 Å². The Morgan fingerprint density at radius 1 is 1.33 bits per heavy atom. The molecule has 0 amide bonds. The van der Waals surface area contributed by atoms with Crippen LogP contribution < -0.4 is 11.3 Å². The Bertz CT molecular complexity index is 913. The highest BCUT2D eigenvalue weighted by Crippen LogP contribution is 2.37. The zero-order valence-electron chi connectivity index (χ0n) is 11.0. The molecule has 0 saturated carbocycles. The van der Waals surface area contributed by atoms with E-state index < -0.39 is 0 Å². The van der Waals surface area contributed by atoms with Crippen molar-refractivity contribution in [3.8, 4) is 0 Å². The second kappa shape index (κ2) is 4.42. The van der Waals surface area contributed by atoms with Gasteiger partial charge in [0, 0.05) is 0 Å². The van der Waals surface area contributed by atoms with Gasteiger partial charge < -0.3 is 5.73 Å². The number of fused-ring (bicyclic) bond motifs is 2. The van der Waals surface area contributed by atoms with E-state index in [1.54, 1.807) is 0 Å². The van der Waals surface area contributed by atoms with Crippen LogP contribution in [0.3, 0.4) is 0 Å². The molecule has 106 valence electrons. The Morgan fingerprint density at radius 3 is 3.00 bits per heavy atom. The Balaban J connectivity index is 2.00. The first-order chi connectivity index (χ1) is 10.1. The summed E-state index contributed by atoms with van der Waals surface area (Å²) >= 11 is 3.45. The molecule has 21 heavy (non-hydrogen) atoms. The Hall–Kier alpha value is -2.15. The lowest BCUT2D eigenvalue weighted by Gasteiger charge is -2.15. The van der Waals surface area contributed by atoms with Crippen LogP contribution in [0.25, 0.3) is 11.2 Å². The third-order valence-corrected chi connectivity index (χ3v) is 4.50. The second-order valence-electron chi connectivity index (χ2n) is 5.13. The number of halogens is 1. The van der Waals surface area contributed by atoms with Crippen LogP contribution in [0.5, 0.6) is 0 Å². The summed E-state index contributed by atoms with van der Waals surface area (Å²) in [6, 6.07) is 8.44. The minimum absolute atomic E-state index is 0.104. The molecule has 1 atom stereocenters. The Labute approximate surface area is 128 Å². The molecule has 1 aliphatic carbocycles. The van der Waals surface area contributed by atoms with Crippen molar-refractivity contribution in [2.75, 3.05) is 5.73 Å². The number of aromatic amines is 1. The minimum Gasteiger partial charge on any atom is -0.369 e. The number of nitrogens with zero attached hydrogens (tertiary/aromatic N) is 3. The molecule has 0 saturated heterocycles. The van der Waals surface area contributed by atoms with Crippen LogP contribution in [-0.4, -0.2) is 19.5 Å². The largest absolute Gasteiger partial charge is 0.369 e. The summed E-state index contributed by atoms with van der Waals surface area (Å²) in [5, 5.41) is 0. The highest BCUT2D eigenvalue weighted by Gasteiger charge is 2.28. The molecule has 0 radical (unpaired) electrons. The van der Waals surface area contributed by atoms with Crippen molar-refractivity contribution in [1.82, 2.24) is 19.5 Å². The van der Waals surface area contributed by atoms with Gasteiger partial charge in [0.05, 0.1) is 6.04 Å². The molecule has 0 fully saturated rings. The van der Waals surface area contributed by atoms with Crippen molar-refractivity contribution >= 4 is 33.0 Å². The van der Waals surface area contributed by atoms with Gasteiger partial charge in [-0.15, -0.1) is 0 Å². The number of nitrogens with one attached hydrogen (secondary N) is 1. The lowest BCUT2D eigenvalue weighted by atomic mass is 10.1. The third-order valence-electron chi connectivity index (χ3n) is 3.94. The van der Waals surface area contributed by atoms with Gasteiger partial charge in [-0.05, 0) is 39.9 Å². The van der Waals surface area contributed by atoms with Crippen molar-refractivity contribution in [3.63, 3.8) is 0 Å². The van der Waals surface area contributed by atoms with Crippen molar-refractivity contribution in [1.29, 1.82) is 0 Å². The number of imidazole rings is 1. The van der Waals surface area contributed by atoms with Crippen LogP contribution in [0, 0.1) is 0 Å². The van der Waals surface area contributed by atoms with Crippen LogP contribution in [0.4, 0.5) is 5.95 Å². The number of nitrogens with two attached hydrogens (primary N) is 1. The summed E-state index contributed by atoms with van der Waals surface area (Å²) in [5.41, 5.74) is 8.76. The molecule has 2 heterocycles. The lowest BCUT2D eigenvalue weighted by molar-refractivity contribution is 0.580. The van der Waals surface area contributed by atoms with E-state index in [4.69, 9.17) is 5.73 Å². The highest BCUT2D eigenvalue weighted by atomic mass is 79.9. The zero-order valence-corrected chi connectivity index (χ0v) is 12.6. The highest BCUT2D eigenvalue weighted by molar-refractivity contribution is 9.10. The lowest BCUT2D eigenvalue weighted by Crippen LogP contribution is -2.14. The molecule has 0 bridgehead atoms. The summed E-state index contributed by atoms with van der Waals surface area (Å²) in [6.07, 6.45) is 1.96. The number of anilines is 1. The van der Waals surface area contributed by atoms with E-state index >= 15 is 0 Å². The summed E-state index contributed by atoms with van der Waals surface area (Å²) in [5.74, 6) is 0.104. The molecule has 1 aliphatic rings. The Kier molecular flexibility index (Phi) is 2.65. The summed E-state index contributed by atoms with van der Waals surface area (Å²) < 4.78 is 2.55. The normalized spacial score (nSPS) is 17.3. The van der Waals surface area contributed by atoms with Gasteiger partial charge in [-0.2, -0.15) is 4.98 Å². The molecular formula is C14H12BrN5O. The molecule has 3 N–H and O–H groups in total. The average Bonchev–Trinajstić information content (AvgIpc) is 3.00. The van der Waals surface area contributed by atoms with E-state index in [1.165, 1.54) is 11.1 Å². The predicted octanol–water partition coefficient (Wildman–Crippen LogP) is 2.00. The van der Waals surface area contributed by atoms with E-state index in [2.05, 4.69) is 43.0 Å². The molecular weight excluding hydrogens is 334 g/mol. The maximum Gasteiger partial charge on any atom is 0.280 e. The Morgan fingerprint density at radius 2 is 2.14 bits per heavy atom. The van der Waals surface area contributed by atoms with Gasteiger partial charge in [0.2, 0.25) is 5.95 Å². The number of aromatic nitrogens is 4. The van der Waals surface area contributed by atoms with Crippen molar-refractivity contribution in [2.24, 2.45) is 0 Å². The molecule has 4 rings (SSSR count). The fourth-order valence-electron chi connectivity index (χ4n) is 3.05. The molecule has 1 aromatic carbocycles. The molecule has 1 unspecified atom stereocenters. The minimum atomic E-state index is -0.316. The molecule has 6 nitrogen and oxygen atoms in total. The van der Waals surface area contributed by atoms with E-state index in [0.717, 1.165) is 12.8 Å². The first-order valence-corrected chi connectivity index (χ1v) is 7.45. The summed E-state index contributed by atoms with van der Waals surface area (Å²) in [4.78, 5) is 23.0. The van der Waals surface area contributed by atoms with Crippen LogP contribution in [0.15, 0.2) is 33.8 Å². The molecule has 3 aromatic rings. The maximum absolute atomic E-state index is 12.0. The summed E-state index contributed by atoms with van der Waals surface area (Å²) in [7, 11) is 0. The number of H-pyrrole nitrogens is 1. The van der Waals surface area contributed by atoms with E-state index in [1.807, 2.05) is 16.7 Å².